The number of nitrogens with one attached hydrogen (secondary N) is 1. The normalized spacial score (nSPS) is 11.7. The summed E-state index contributed by atoms with van der Waals surface area (Å²) in [6, 6.07) is 5.94. The monoisotopic (exact) mass is 315 g/mol. The number of rotatable bonds is 5. The van der Waals surface area contributed by atoms with Gasteiger partial charge >= 0.3 is 0 Å². The van der Waals surface area contributed by atoms with E-state index < -0.39 is 10.0 Å². The molecule has 0 aliphatic carbocycles. The van der Waals surface area contributed by atoms with Crippen molar-refractivity contribution in [2.24, 2.45) is 0 Å². The molecule has 0 aliphatic rings. The van der Waals surface area contributed by atoms with Gasteiger partial charge in [0.15, 0.2) is 9.34 Å². The van der Waals surface area contributed by atoms with Gasteiger partial charge in [0.2, 0.25) is 0 Å². The fourth-order valence-corrected chi connectivity index (χ4v) is 4.07. The van der Waals surface area contributed by atoms with E-state index in [2.05, 4.69) is 9.71 Å². The van der Waals surface area contributed by atoms with Crippen molar-refractivity contribution >= 4 is 26.5 Å². The van der Waals surface area contributed by atoms with Crippen LogP contribution < -0.4 is 10.5 Å². The van der Waals surface area contributed by atoms with Gasteiger partial charge in [0.25, 0.3) is 10.0 Å². The SMILES string of the molecule is Cc1nc(N)sc1S(=O)(=O)NCCc1ccc(F)cc1. The fraction of sp³-hybridized carbons (Fsp3) is 0.250. The predicted octanol–water partition coefficient (Wildman–Crippen LogP) is 1.69. The molecule has 0 atom stereocenters. The quantitative estimate of drug-likeness (QED) is 0.879. The number of sulfonamides is 1. The van der Waals surface area contributed by atoms with Crippen LogP contribution in [0.5, 0.6) is 0 Å². The summed E-state index contributed by atoms with van der Waals surface area (Å²) in [5.41, 5.74) is 6.74. The van der Waals surface area contributed by atoms with Crippen LogP contribution in [-0.4, -0.2) is 19.9 Å². The van der Waals surface area contributed by atoms with Crippen molar-refractivity contribution in [1.82, 2.24) is 9.71 Å². The van der Waals surface area contributed by atoms with Crippen molar-refractivity contribution in [3.8, 4) is 0 Å². The minimum atomic E-state index is -3.60. The summed E-state index contributed by atoms with van der Waals surface area (Å²) in [7, 11) is -3.60. The molecule has 108 valence electrons. The zero-order valence-corrected chi connectivity index (χ0v) is 12.4. The van der Waals surface area contributed by atoms with E-state index in [-0.39, 0.29) is 21.7 Å². The predicted molar refractivity (Wildman–Crippen MR) is 76.6 cm³/mol. The molecular formula is C12H14FN3O2S2. The molecule has 1 aromatic carbocycles. The first kappa shape index (κ1) is 14.9. The van der Waals surface area contributed by atoms with Crippen LogP contribution in [0, 0.1) is 12.7 Å². The van der Waals surface area contributed by atoms with E-state index in [4.69, 9.17) is 5.73 Å². The first-order valence-electron chi connectivity index (χ1n) is 5.85. The lowest BCUT2D eigenvalue weighted by atomic mass is 10.1. The molecule has 2 rings (SSSR count). The average molecular weight is 315 g/mol. The lowest BCUT2D eigenvalue weighted by molar-refractivity contribution is 0.583. The maximum absolute atomic E-state index is 12.7. The number of nitrogen functional groups attached to an aromatic ring is 1. The van der Waals surface area contributed by atoms with Gasteiger partial charge in [-0.3, -0.25) is 0 Å². The third-order valence-corrected chi connectivity index (χ3v) is 5.69. The summed E-state index contributed by atoms with van der Waals surface area (Å²) in [5, 5.41) is 0.224. The minimum absolute atomic E-state index is 0.133. The Morgan fingerprint density at radius 3 is 2.55 bits per heavy atom. The van der Waals surface area contributed by atoms with E-state index in [9.17, 15) is 12.8 Å². The molecular weight excluding hydrogens is 301 g/mol. The molecule has 0 fully saturated rings. The number of nitrogens with zero attached hydrogens (tertiary/aromatic N) is 1. The summed E-state index contributed by atoms with van der Waals surface area (Å²) >= 11 is 0.936. The minimum Gasteiger partial charge on any atom is -0.375 e. The van der Waals surface area contributed by atoms with E-state index in [1.165, 1.54) is 12.1 Å². The summed E-state index contributed by atoms with van der Waals surface area (Å²) in [6.07, 6.45) is 0.479. The third kappa shape index (κ3) is 3.53. The second kappa shape index (κ2) is 5.86. The van der Waals surface area contributed by atoms with Crippen molar-refractivity contribution in [1.29, 1.82) is 0 Å². The highest BCUT2D eigenvalue weighted by molar-refractivity contribution is 7.91. The van der Waals surface area contributed by atoms with E-state index in [0.29, 0.717) is 12.1 Å². The first-order valence-corrected chi connectivity index (χ1v) is 8.15. The maximum Gasteiger partial charge on any atom is 0.252 e. The van der Waals surface area contributed by atoms with Gasteiger partial charge in [0.1, 0.15) is 5.82 Å². The average Bonchev–Trinajstić information content (AvgIpc) is 2.72. The zero-order valence-electron chi connectivity index (χ0n) is 10.8. The Morgan fingerprint density at radius 2 is 2.00 bits per heavy atom. The standard InChI is InChI=1S/C12H14FN3O2S2/c1-8-11(19-12(14)16-8)20(17,18)15-7-6-9-2-4-10(13)5-3-9/h2-5,15H,6-7H2,1H3,(H2,14,16). The summed E-state index contributed by atoms with van der Waals surface area (Å²) in [5.74, 6) is -0.315. The fourth-order valence-electron chi connectivity index (χ4n) is 1.70. The van der Waals surface area contributed by atoms with Crippen molar-refractivity contribution in [3.63, 3.8) is 0 Å². The van der Waals surface area contributed by atoms with Gasteiger partial charge in [-0.15, -0.1) is 0 Å². The molecule has 0 saturated carbocycles. The zero-order chi connectivity index (χ0) is 14.8. The van der Waals surface area contributed by atoms with Crippen molar-refractivity contribution in [2.75, 3.05) is 12.3 Å². The lowest BCUT2D eigenvalue weighted by Crippen LogP contribution is -2.25. The number of aryl methyl sites for hydroxylation is 1. The molecule has 8 heteroatoms. The maximum atomic E-state index is 12.7. The Balaban J connectivity index is 1.99. The molecule has 1 heterocycles. The van der Waals surface area contributed by atoms with Crippen molar-refractivity contribution < 1.29 is 12.8 Å². The molecule has 3 N–H and O–H groups in total. The van der Waals surface area contributed by atoms with Gasteiger partial charge in [-0.2, -0.15) is 0 Å². The van der Waals surface area contributed by atoms with Crippen LogP contribution in [0.2, 0.25) is 0 Å². The molecule has 1 aromatic heterocycles. The Bertz CT molecular complexity index is 696. The summed E-state index contributed by atoms with van der Waals surface area (Å²) in [6.45, 7) is 1.83. The number of hydrogen-bond acceptors (Lipinski definition) is 5. The molecule has 0 radical (unpaired) electrons. The Kier molecular flexibility index (Phi) is 4.36. The smallest absolute Gasteiger partial charge is 0.252 e. The van der Waals surface area contributed by atoms with Gasteiger partial charge in [-0.05, 0) is 31.0 Å². The van der Waals surface area contributed by atoms with Crippen molar-refractivity contribution in [3.05, 3.63) is 41.3 Å². The Labute approximate surface area is 120 Å². The lowest BCUT2D eigenvalue weighted by Gasteiger charge is -2.05. The Morgan fingerprint density at radius 1 is 1.35 bits per heavy atom. The van der Waals surface area contributed by atoms with Crippen LogP contribution in [0.4, 0.5) is 9.52 Å². The second-order valence-electron chi connectivity index (χ2n) is 4.20. The van der Waals surface area contributed by atoms with Crippen LogP contribution in [0.15, 0.2) is 28.5 Å². The number of anilines is 1. The van der Waals surface area contributed by atoms with Crippen LogP contribution in [0.1, 0.15) is 11.3 Å². The van der Waals surface area contributed by atoms with Gasteiger partial charge in [-0.1, -0.05) is 23.5 Å². The van der Waals surface area contributed by atoms with E-state index in [1.54, 1.807) is 19.1 Å². The number of aromatic nitrogens is 1. The van der Waals surface area contributed by atoms with Gasteiger partial charge in [0.05, 0.1) is 5.69 Å². The summed E-state index contributed by atoms with van der Waals surface area (Å²) < 4.78 is 39.5. The topological polar surface area (TPSA) is 85.1 Å². The molecule has 0 spiro atoms. The molecule has 5 nitrogen and oxygen atoms in total. The number of thiazole rings is 1. The Hall–Kier alpha value is -1.51. The molecule has 0 bridgehead atoms. The molecule has 0 unspecified atom stereocenters. The highest BCUT2D eigenvalue weighted by Gasteiger charge is 2.20. The molecule has 20 heavy (non-hydrogen) atoms. The summed E-state index contributed by atoms with van der Waals surface area (Å²) in [4.78, 5) is 3.89. The second-order valence-corrected chi connectivity index (χ2v) is 7.19. The highest BCUT2D eigenvalue weighted by Crippen LogP contribution is 2.24. The molecule has 0 saturated heterocycles. The number of hydrogen-bond donors (Lipinski definition) is 2. The van der Waals surface area contributed by atoms with E-state index in [1.807, 2.05) is 0 Å². The van der Waals surface area contributed by atoms with E-state index >= 15 is 0 Å². The van der Waals surface area contributed by atoms with Gasteiger partial charge in [-0.25, -0.2) is 22.5 Å². The number of benzene rings is 1. The molecule has 2 aromatic rings. The number of nitrogens with two attached hydrogens (primary N) is 1. The van der Waals surface area contributed by atoms with E-state index in [0.717, 1.165) is 16.9 Å². The highest BCUT2D eigenvalue weighted by atomic mass is 32.2. The van der Waals surface area contributed by atoms with Crippen LogP contribution in [-0.2, 0) is 16.4 Å². The third-order valence-electron chi connectivity index (χ3n) is 2.63. The van der Waals surface area contributed by atoms with Gasteiger partial charge in [0, 0.05) is 6.54 Å². The first-order chi connectivity index (χ1) is 9.38. The largest absolute Gasteiger partial charge is 0.375 e. The number of halogens is 1. The van der Waals surface area contributed by atoms with Crippen LogP contribution in [0.25, 0.3) is 0 Å². The molecule has 0 amide bonds. The van der Waals surface area contributed by atoms with Crippen LogP contribution >= 0.6 is 11.3 Å². The van der Waals surface area contributed by atoms with Crippen molar-refractivity contribution in [2.45, 2.75) is 17.6 Å². The molecule has 0 aliphatic heterocycles. The van der Waals surface area contributed by atoms with Crippen LogP contribution in [0.3, 0.4) is 0 Å². The van der Waals surface area contributed by atoms with Gasteiger partial charge < -0.3 is 5.73 Å².